The number of anilines is 1. The number of hydrogen-bond acceptors (Lipinski definition) is 6. The largest absolute Gasteiger partial charge is 0.466 e. The molecule has 3 heterocycles. The molecule has 0 aliphatic carbocycles. The van der Waals surface area contributed by atoms with Crippen LogP contribution in [0.3, 0.4) is 0 Å². The minimum atomic E-state index is -1.11. The van der Waals surface area contributed by atoms with E-state index in [2.05, 4.69) is 5.32 Å². The maximum atomic E-state index is 13.7. The van der Waals surface area contributed by atoms with E-state index in [0.29, 0.717) is 36.5 Å². The van der Waals surface area contributed by atoms with Gasteiger partial charge in [0.15, 0.2) is 0 Å². The van der Waals surface area contributed by atoms with Gasteiger partial charge < -0.3 is 24.8 Å². The number of halogens is 1. The second kappa shape index (κ2) is 8.89. The summed E-state index contributed by atoms with van der Waals surface area (Å²) in [6.45, 7) is 6.06. The second-order valence-corrected chi connectivity index (χ2v) is 9.85. The number of ether oxygens (including phenoxy) is 2. The highest BCUT2D eigenvalue weighted by atomic mass is 35.5. The first-order valence-electron chi connectivity index (χ1n) is 11.5. The highest BCUT2D eigenvalue weighted by Gasteiger charge is 2.80. The molecule has 8 nitrogen and oxygen atoms in total. The Labute approximate surface area is 198 Å². The van der Waals surface area contributed by atoms with Crippen LogP contribution in [0.5, 0.6) is 0 Å². The Morgan fingerprint density at radius 1 is 1.30 bits per heavy atom. The number of aliphatic hydroxyl groups is 1. The van der Waals surface area contributed by atoms with Crippen LogP contribution in [0.15, 0.2) is 24.3 Å². The number of amides is 2. The molecule has 33 heavy (non-hydrogen) atoms. The van der Waals surface area contributed by atoms with E-state index in [1.165, 1.54) is 4.90 Å². The van der Waals surface area contributed by atoms with Crippen molar-refractivity contribution in [2.45, 2.75) is 57.3 Å². The summed E-state index contributed by atoms with van der Waals surface area (Å²) in [6, 6.07) is 5.85. The third-order valence-corrected chi connectivity index (χ3v) is 7.77. The molecule has 3 fully saturated rings. The van der Waals surface area contributed by atoms with Crippen LogP contribution in [-0.4, -0.2) is 64.8 Å². The highest BCUT2D eigenvalue weighted by Crippen LogP contribution is 2.65. The monoisotopic (exact) mass is 478 g/mol. The number of rotatable bonds is 8. The summed E-state index contributed by atoms with van der Waals surface area (Å²) in [7, 11) is 0. The van der Waals surface area contributed by atoms with Crippen LogP contribution in [0.4, 0.5) is 5.69 Å². The Hall–Kier alpha value is -2.16. The second-order valence-electron chi connectivity index (χ2n) is 9.41. The van der Waals surface area contributed by atoms with Gasteiger partial charge in [-0.25, -0.2) is 0 Å². The van der Waals surface area contributed by atoms with Gasteiger partial charge in [-0.1, -0.05) is 18.5 Å². The lowest BCUT2D eigenvalue weighted by atomic mass is 9.62. The quantitative estimate of drug-likeness (QED) is 0.439. The molecule has 1 spiro atoms. The van der Waals surface area contributed by atoms with E-state index in [9.17, 15) is 19.5 Å². The van der Waals surface area contributed by atoms with Crippen LogP contribution >= 0.6 is 11.6 Å². The molecule has 2 N–H and O–H groups in total. The van der Waals surface area contributed by atoms with Gasteiger partial charge in [-0.2, -0.15) is 0 Å². The van der Waals surface area contributed by atoms with Gasteiger partial charge >= 0.3 is 5.97 Å². The lowest BCUT2D eigenvalue weighted by molar-refractivity contribution is -0.160. The molecule has 3 saturated heterocycles. The van der Waals surface area contributed by atoms with Crippen molar-refractivity contribution in [3.63, 3.8) is 0 Å². The van der Waals surface area contributed by atoms with Crippen LogP contribution in [0, 0.1) is 17.8 Å². The zero-order valence-corrected chi connectivity index (χ0v) is 19.9. The Bertz CT molecular complexity index is 939. The molecule has 0 radical (unpaired) electrons. The maximum Gasteiger partial charge on any atom is 0.312 e. The summed E-state index contributed by atoms with van der Waals surface area (Å²) in [5.74, 6) is -2.69. The van der Waals surface area contributed by atoms with Crippen molar-refractivity contribution in [1.29, 1.82) is 0 Å². The summed E-state index contributed by atoms with van der Waals surface area (Å²) in [6.07, 6.45) is 1.53. The molecule has 0 aromatic heterocycles. The van der Waals surface area contributed by atoms with Gasteiger partial charge in [-0.3, -0.25) is 14.4 Å². The number of likely N-dealkylation sites (tertiary alicyclic amines) is 1. The lowest BCUT2D eigenvalue weighted by Crippen LogP contribution is -2.54. The Morgan fingerprint density at radius 2 is 2.00 bits per heavy atom. The van der Waals surface area contributed by atoms with E-state index in [1.54, 1.807) is 31.2 Å². The van der Waals surface area contributed by atoms with Crippen molar-refractivity contribution in [3.8, 4) is 0 Å². The molecule has 6 atom stereocenters. The fraction of sp³-hybridized carbons (Fsp3) is 0.625. The fourth-order valence-electron chi connectivity index (χ4n) is 6.01. The fourth-order valence-corrected chi connectivity index (χ4v) is 6.13. The molecular formula is C24H31ClN2O6. The summed E-state index contributed by atoms with van der Waals surface area (Å²) >= 11 is 5.96. The molecule has 0 saturated carbocycles. The highest BCUT2D eigenvalue weighted by molar-refractivity contribution is 6.30. The Morgan fingerprint density at radius 3 is 2.64 bits per heavy atom. The standard InChI is InChI=1S/C24H31ClN2O6/c1-4-32-22(31)18-17-21(30)27(11-5-6-12-28)19(24(17)13-14(2)23(18,3)33-24)20(29)26-16-9-7-15(25)8-10-16/h7-10,14,17-19,28H,4-6,11-13H2,1-3H3,(H,26,29)/t14?,17-,18-,19?,23+,24?/m0/s1. The van der Waals surface area contributed by atoms with Crippen molar-refractivity contribution in [2.24, 2.45) is 17.8 Å². The van der Waals surface area contributed by atoms with Gasteiger partial charge in [0.05, 0.1) is 18.1 Å². The lowest BCUT2D eigenvalue weighted by Gasteiger charge is -2.35. The summed E-state index contributed by atoms with van der Waals surface area (Å²) < 4.78 is 11.9. The number of esters is 1. The molecule has 1 aromatic carbocycles. The predicted molar refractivity (Wildman–Crippen MR) is 122 cm³/mol. The third kappa shape index (κ3) is 3.72. The molecule has 1 aromatic rings. The molecule has 2 amide bonds. The van der Waals surface area contributed by atoms with Gasteiger partial charge in [0.25, 0.3) is 0 Å². The number of carbonyl (C=O) groups is 3. The van der Waals surface area contributed by atoms with Crippen LogP contribution in [0.25, 0.3) is 0 Å². The normalized spacial score (nSPS) is 34.5. The van der Waals surface area contributed by atoms with Gasteiger partial charge in [0, 0.05) is 23.9 Å². The number of benzene rings is 1. The number of fused-ring (bicyclic) bond motifs is 1. The zero-order chi connectivity index (χ0) is 24.0. The third-order valence-electron chi connectivity index (χ3n) is 7.52. The molecule has 2 bridgehead atoms. The minimum absolute atomic E-state index is 0.00467. The average Bonchev–Trinajstić information content (AvgIpc) is 3.27. The summed E-state index contributed by atoms with van der Waals surface area (Å²) in [5, 5.41) is 12.7. The topological polar surface area (TPSA) is 105 Å². The number of hydrogen-bond donors (Lipinski definition) is 2. The molecular weight excluding hydrogens is 448 g/mol. The molecule has 180 valence electrons. The van der Waals surface area contributed by atoms with E-state index in [-0.39, 0.29) is 30.9 Å². The van der Waals surface area contributed by atoms with Crippen molar-refractivity contribution in [3.05, 3.63) is 29.3 Å². The van der Waals surface area contributed by atoms with Crippen LogP contribution in [0.2, 0.25) is 5.02 Å². The van der Waals surface area contributed by atoms with E-state index in [4.69, 9.17) is 21.1 Å². The average molecular weight is 479 g/mol. The first kappa shape index (κ1) is 24.0. The minimum Gasteiger partial charge on any atom is -0.466 e. The van der Waals surface area contributed by atoms with E-state index in [0.717, 1.165) is 0 Å². The van der Waals surface area contributed by atoms with Gasteiger partial charge in [0.2, 0.25) is 11.8 Å². The van der Waals surface area contributed by atoms with Crippen LogP contribution < -0.4 is 5.32 Å². The van der Waals surface area contributed by atoms with E-state index in [1.807, 2.05) is 13.8 Å². The van der Waals surface area contributed by atoms with E-state index >= 15 is 0 Å². The number of nitrogens with zero attached hydrogens (tertiary/aromatic N) is 1. The van der Waals surface area contributed by atoms with Crippen molar-refractivity contribution >= 4 is 35.1 Å². The molecule has 3 aliphatic rings. The van der Waals surface area contributed by atoms with Gasteiger partial charge in [-0.15, -0.1) is 0 Å². The number of carbonyl (C=O) groups excluding carboxylic acids is 3. The first-order chi connectivity index (χ1) is 15.7. The molecule has 3 aliphatic heterocycles. The SMILES string of the molecule is CCOC(=O)[C@@H]1[C@H]2C(=O)N(CCCCO)C(C(=O)Nc3ccc(Cl)cc3)C23CC(C)[C@@]1(C)O3. The van der Waals surface area contributed by atoms with Crippen molar-refractivity contribution < 1.29 is 29.0 Å². The Kier molecular flexibility index (Phi) is 6.46. The van der Waals surface area contributed by atoms with Crippen molar-refractivity contribution in [2.75, 3.05) is 25.1 Å². The predicted octanol–water partition coefficient (Wildman–Crippen LogP) is 2.62. The first-order valence-corrected chi connectivity index (χ1v) is 11.9. The maximum absolute atomic E-state index is 13.7. The summed E-state index contributed by atoms with van der Waals surface area (Å²) in [4.78, 5) is 41.9. The Balaban J connectivity index is 1.72. The molecule has 3 unspecified atom stereocenters. The summed E-state index contributed by atoms with van der Waals surface area (Å²) in [5.41, 5.74) is -1.44. The van der Waals surface area contributed by atoms with Gasteiger partial charge in [-0.05, 0) is 63.3 Å². The molecule has 9 heteroatoms. The number of unbranched alkanes of at least 4 members (excludes halogenated alkanes) is 1. The smallest absolute Gasteiger partial charge is 0.312 e. The number of aliphatic hydroxyl groups excluding tert-OH is 1. The van der Waals surface area contributed by atoms with Crippen LogP contribution in [-0.2, 0) is 23.9 Å². The molecule has 4 rings (SSSR count). The number of nitrogens with one attached hydrogen (secondary N) is 1. The van der Waals surface area contributed by atoms with Crippen LogP contribution in [0.1, 0.15) is 40.0 Å². The zero-order valence-electron chi connectivity index (χ0n) is 19.2. The van der Waals surface area contributed by atoms with E-state index < -0.39 is 35.0 Å². The van der Waals surface area contributed by atoms with Gasteiger partial charge in [0.1, 0.15) is 17.6 Å². The van der Waals surface area contributed by atoms with Crippen molar-refractivity contribution in [1.82, 2.24) is 4.90 Å².